The highest BCUT2D eigenvalue weighted by atomic mass is 16.6. The van der Waals surface area contributed by atoms with Crippen LogP contribution in [0, 0.1) is 0 Å². The summed E-state index contributed by atoms with van der Waals surface area (Å²) in [7, 11) is 6.76. The monoisotopic (exact) mass is 1130 g/mol. The van der Waals surface area contributed by atoms with E-state index in [2.05, 4.69) is 184 Å². The van der Waals surface area contributed by atoms with Crippen molar-refractivity contribution >= 4 is 0 Å². The number of rotatable bonds is 24. The van der Waals surface area contributed by atoms with Crippen molar-refractivity contribution < 1.29 is 52.5 Å². The Bertz CT molecular complexity index is 3540. The van der Waals surface area contributed by atoms with Crippen LogP contribution in [0.3, 0.4) is 0 Å². The molecule has 0 radical (unpaired) electrons. The van der Waals surface area contributed by atoms with E-state index in [4.69, 9.17) is 47.4 Å². The minimum atomic E-state index is -0.905. The predicted octanol–water partition coefficient (Wildman–Crippen LogP) is 13.6. The van der Waals surface area contributed by atoms with Crippen LogP contribution in [0.15, 0.2) is 182 Å². The summed E-state index contributed by atoms with van der Waals surface area (Å²) in [6.07, 6.45) is 0.969. The van der Waals surface area contributed by atoms with Crippen molar-refractivity contribution in [3.05, 3.63) is 249 Å². The zero-order valence-corrected chi connectivity index (χ0v) is 49.4. The van der Waals surface area contributed by atoms with Crippen LogP contribution in [0.25, 0.3) is 0 Å². The number of aliphatic hydroxyl groups excluding tert-OH is 1. The highest BCUT2D eigenvalue weighted by Gasteiger charge is 2.50. The van der Waals surface area contributed by atoms with Crippen LogP contribution >= 0.6 is 0 Å². The minimum absolute atomic E-state index is 0.0402. The lowest BCUT2D eigenvalue weighted by atomic mass is 9.69. The van der Waals surface area contributed by atoms with Gasteiger partial charge in [0.25, 0.3) is 0 Å². The molecule has 11 nitrogen and oxygen atoms in total. The smallest absolute Gasteiger partial charge is 0.161 e. The van der Waals surface area contributed by atoms with Crippen LogP contribution in [-0.4, -0.2) is 91.5 Å². The number of epoxide rings is 2. The third-order valence-electron chi connectivity index (χ3n) is 18.0. The Morgan fingerprint density at radius 2 is 0.821 bits per heavy atom. The van der Waals surface area contributed by atoms with Crippen molar-refractivity contribution in [1.29, 1.82) is 0 Å². The Morgan fingerprint density at radius 1 is 0.452 bits per heavy atom. The summed E-state index contributed by atoms with van der Waals surface area (Å²) in [6.45, 7) is 11.0. The van der Waals surface area contributed by atoms with Crippen LogP contribution in [0.2, 0.25) is 0 Å². The first-order valence-electron chi connectivity index (χ1n) is 29.3. The van der Waals surface area contributed by atoms with Gasteiger partial charge >= 0.3 is 0 Å². The van der Waals surface area contributed by atoms with Crippen molar-refractivity contribution in [3.8, 4) is 34.5 Å². The molecule has 1 N–H and O–H groups in total. The molecule has 8 aromatic rings. The van der Waals surface area contributed by atoms with Gasteiger partial charge in [0.05, 0.1) is 66.1 Å². The van der Waals surface area contributed by atoms with Gasteiger partial charge in [0.1, 0.15) is 43.0 Å². The average molecular weight is 1130 g/mol. The number of benzene rings is 8. The van der Waals surface area contributed by atoms with E-state index in [0.29, 0.717) is 42.0 Å². The zero-order chi connectivity index (χ0) is 58.2. The summed E-state index contributed by atoms with van der Waals surface area (Å²) in [5.74, 6) is 4.32. The molecule has 8 aromatic carbocycles. The molecule has 0 spiro atoms. The molecule has 2 saturated heterocycles. The van der Waals surface area contributed by atoms with Crippen LogP contribution < -0.4 is 28.4 Å². The standard InChI is InChI=1S/C73H76O11/c1-70(2,49-19-23-51(24-20-49)73(54-29-33-57(34-30-54)80-43-58-44-81-58)40-63(48-17-13-10-14-18-48)61-36-67(76-6)69(78-8)38-65(61)73)83-42-55(74)41-79-56-31-27-53(28-32-56)72(52-25-21-50(22-26-52)71(3,4)84-46-59-45-82-59)39-62(47-15-11-9-12-16-47)60-35-66(75-5)68(77-7)37-64(60)72/h9-38,55,58-59,62-63,74H,39-46H2,1-8H3. The lowest BCUT2D eigenvalue weighted by Crippen LogP contribution is -2.31. The van der Waals surface area contributed by atoms with Gasteiger partial charge in [-0.25, -0.2) is 0 Å². The fourth-order valence-electron chi connectivity index (χ4n) is 13.1. The van der Waals surface area contributed by atoms with Gasteiger partial charge in [-0.05, 0) is 156 Å². The summed E-state index contributed by atoms with van der Waals surface area (Å²) in [4.78, 5) is 0. The number of hydrogen-bond donors (Lipinski definition) is 1. The molecule has 84 heavy (non-hydrogen) atoms. The third-order valence-corrected chi connectivity index (χ3v) is 18.0. The molecule has 0 aromatic heterocycles. The maximum atomic E-state index is 11.5. The number of hydrogen-bond acceptors (Lipinski definition) is 11. The normalized spacial score (nSPS) is 21.7. The summed E-state index contributed by atoms with van der Waals surface area (Å²) in [5, 5.41) is 11.5. The van der Waals surface area contributed by atoms with E-state index in [1.54, 1.807) is 28.4 Å². The van der Waals surface area contributed by atoms with Gasteiger partial charge in [-0.2, -0.15) is 0 Å². The maximum absolute atomic E-state index is 11.5. The minimum Gasteiger partial charge on any atom is -0.493 e. The van der Waals surface area contributed by atoms with Gasteiger partial charge in [-0.1, -0.05) is 133 Å². The molecule has 11 heteroatoms. The molecule has 2 aliphatic heterocycles. The van der Waals surface area contributed by atoms with E-state index in [1.165, 1.54) is 22.3 Å². The molecule has 0 saturated carbocycles. The second kappa shape index (κ2) is 23.4. The first-order chi connectivity index (χ1) is 40.8. The van der Waals surface area contributed by atoms with Crippen LogP contribution in [0.5, 0.6) is 34.5 Å². The van der Waals surface area contributed by atoms with Crippen molar-refractivity contribution in [2.24, 2.45) is 0 Å². The summed E-state index contributed by atoms with van der Waals surface area (Å²) < 4.78 is 60.2. The largest absolute Gasteiger partial charge is 0.493 e. The SMILES string of the molecule is COc1cc2c(cc1OC)C(c1ccc(OCC3CO3)cc1)(c1ccc(C(C)(C)OCC(O)COc3ccc(C4(c5ccc(C(C)(C)OCC6CO6)cc5)CC(c5ccccc5)c5cc(OC)c(OC)cc54)cc3)cc1)CC2c1ccccc1. The van der Waals surface area contributed by atoms with Gasteiger partial charge in [0, 0.05) is 22.7 Å². The Hall–Kier alpha value is -7.64. The molecular formula is C73H76O11. The van der Waals surface area contributed by atoms with Crippen LogP contribution in [-0.2, 0) is 41.0 Å². The fourth-order valence-corrected chi connectivity index (χ4v) is 13.1. The van der Waals surface area contributed by atoms with Gasteiger partial charge in [0.15, 0.2) is 23.0 Å². The second-order valence-corrected chi connectivity index (χ2v) is 23.8. The molecule has 7 atom stereocenters. The van der Waals surface area contributed by atoms with E-state index in [9.17, 15) is 5.11 Å². The van der Waals surface area contributed by atoms with E-state index in [-0.39, 0.29) is 37.3 Å². The van der Waals surface area contributed by atoms with Gasteiger partial charge in [-0.3, -0.25) is 0 Å². The second-order valence-electron chi connectivity index (χ2n) is 23.8. The lowest BCUT2D eigenvalue weighted by Gasteiger charge is -2.34. The molecular weight excluding hydrogens is 1050 g/mol. The van der Waals surface area contributed by atoms with E-state index in [1.807, 2.05) is 26.0 Å². The molecule has 0 bridgehead atoms. The molecule has 434 valence electrons. The molecule has 2 aliphatic carbocycles. The van der Waals surface area contributed by atoms with Gasteiger partial charge in [-0.15, -0.1) is 0 Å². The first-order valence-corrected chi connectivity index (χ1v) is 29.3. The van der Waals surface area contributed by atoms with Crippen molar-refractivity contribution in [3.63, 3.8) is 0 Å². The molecule has 12 rings (SSSR count). The predicted molar refractivity (Wildman–Crippen MR) is 325 cm³/mol. The number of aliphatic hydroxyl groups is 1. The molecule has 0 amide bonds. The first kappa shape index (κ1) is 56.8. The van der Waals surface area contributed by atoms with Crippen molar-refractivity contribution in [2.45, 2.75) is 92.7 Å². The van der Waals surface area contributed by atoms with Crippen LogP contribution in [0.1, 0.15) is 119 Å². The summed E-state index contributed by atoms with van der Waals surface area (Å²) in [5.41, 5.74) is 11.3. The Kier molecular flexibility index (Phi) is 15.8. The van der Waals surface area contributed by atoms with Gasteiger partial charge < -0.3 is 52.5 Å². The highest BCUT2D eigenvalue weighted by Crippen LogP contribution is 2.60. The molecule has 2 heterocycles. The maximum Gasteiger partial charge on any atom is 0.161 e. The number of ether oxygens (including phenoxy) is 10. The Balaban J connectivity index is 0.788. The van der Waals surface area contributed by atoms with E-state index >= 15 is 0 Å². The lowest BCUT2D eigenvalue weighted by molar-refractivity contribution is -0.0717. The fraction of sp³-hybridized carbons (Fsp3) is 0.342. The quantitative estimate of drug-likeness (QED) is 0.0583. The van der Waals surface area contributed by atoms with Crippen molar-refractivity contribution in [1.82, 2.24) is 0 Å². The van der Waals surface area contributed by atoms with Crippen molar-refractivity contribution in [2.75, 3.05) is 68.1 Å². The summed E-state index contributed by atoms with van der Waals surface area (Å²) >= 11 is 0. The summed E-state index contributed by atoms with van der Waals surface area (Å²) in [6, 6.07) is 64.6. The Morgan fingerprint density at radius 3 is 1.23 bits per heavy atom. The zero-order valence-electron chi connectivity index (χ0n) is 49.4. The highest BCUT2D eigenvalue weighted by molar-refractivity contribution is 5.67. The van der Waals surface area contributed by atoms with Gasteiger partial charge in [0.2, 0.25) is 0 Å². The van der Waals surface area contributed by atoms with Crippen LogP contribution in [0.4, 0.5) is 0 Å². The molecule has 7 unspecified atom stereocenters. The molecule has 2 fully saturated rings. The number of methoxy groups -OCH3 is 4. The molecule has 4 aliphatic rings. The topological polar surface area (TPSA) is 119 Å². The average Bonchev–Trinajstić information content (AvgIpc) is 2.87. The number of fused-ring (bicyclic) bond motifs is 2. The third kappa shape index (κ3) is 11.0. The van der Waals surface area contributed by atoms with E-state index < -0.39 is 28.1 Å². The van der Waals surface area contributed by atoms with E-state index in [0.717, 1.165) is 76.3 Å². The Labute approximate surface area is 494 Å².